The first-order chi connectivity index (χ1) is 21.7. The van der Waals surface area contributed by atoms with Crippen molar-refractivity contribution in [3.63, 3.8) is 0 Å². The van der Waals surface area contributed by atoms with Crippen LogP contribution < -0.4 is 11.1 Å². The molecule has 2 unspecified atom stereocenters. The van der Waals surface area contributed by atoms with Crippen molar-refractivity contribution in [2.45, 2.75) is 128 Å². The van der Waals surface area contributed by atoms with E-state index in [4.69, 9.17) is 10.5 Å². The summed E-state index contributed by atoms with van der Waals surface area (Å²) < 4.78 is 21.8. The van der Waals surface area contributed by atoms with Crippen molar-refractivity contribution in [3.05, 3.63) is 83.7 Å². The molecule has 0 aromatic heterocycles. The van der Waals surface area contributed by atoms with Crippen LogP contribution in [0.1, 0.15) is 116 Å². The first kappa shape index (κ1) is 52.1. The van der Waals surface area contributed by atoms with Crippen molar-refractivity contribution in [1.29, 1.82) is 0 Å². The van der Waals surface area contributed by atoms with Gasteiger partial charge in [-0.2, -0.15) is 0 Å². The quantitative estimate of drug-likeness (QED) is 0.123. The van der Waals surface area contributed by atoms with E-state index in [1.807, 2.05) is 101 Å². The number of rotatable bonds is 6. The highest BCUT2D eigenvalue weighted by Gasteiger charge is 2.28. The number of fused-ring (bicyclic) bond motifs is 1. The second-order valence-corrected chi connectivity index (χ2v) is 9.00. The molecule has 0 radical (unpaired) electrons. The lowest BCUT2D eigenvalue weighted by Crippen LogP contribution is -2.42. The fourth-order valence-corrected chi connectivity index (χ4v) is 3.30. The van der Waals surface area contributed by atoms with Gasteiger partial charge < -0.3 is 20.7 Å². The summed E-state index contributed by atoms with van der Waals surface area (Å²) in [5.74, 6) is 1.58. The molecule has 0 aromatic carbocycles. The number of alkyl halides is 1. The van der Waals surface area contributed by atoms with Crippen LogP contribution in [0, 0.1) is 0 Å². The van der Waals surface area contributed by atoms with E-state index in [9.17, 15) is 9.18 Å². The first-order valence-corrected chi connectivity index (χ1v) is 17.6. The zero-order valence-corrected chi connectivity index (χ0v) is 33.1. The Morgan fingerprint density at radius 2 is 1.67 bits per heavy atom. The molecule has 1 saturated heterocycles. The highest BCUT2D eigenvalue weighted by molar-refractivity contribution is 14.1. The third kappa shape index (κ3) is 27.6. The average molecular weight is 747 g/mol. The molecule has 2 aliphatic heterocycles. The average Bonchev–Trinajstić information content (AvgIpc) is 3.44. The number of halogens is 2. The summed E-state index contributed by atoms with van der Waals surface area (Å²) in [7, 11) is 0. The Bertz CT molecular complexity index is 917. The fraction of sp³-hybridized carbons (Fsp3) is 0.568. The largest absolute Gasteiger partial charge is 0.461 e. The highest BCUT2D eigenvalue weighted by Crippen LogP contribution is 2.24. The molecule has 0 bridgehead atoms. The van der Waals surface area contributed by atoms with Crippen LogP contribution in [0.4, 0.5) is 4.39 Å². The molecular formula is C37H68FIN4O2. The number of ether oxygens (including phenoxy) is 1. The lowest BCUT2D eigenvalue weighted by Gasteiger charge is -2.18. The van der Waals surface area contributed by atoms with Gasteiger partial charge in [0.25, 0.3) is 0 Å². The molecule has 0 spiro atoms. The predicted octanol–water partition coefficient (Wildman–Crippen LogP) is 11.1. The van der Waals surface area contributed by atoms with Crippen LogP contribution in [0.5, 0.6) is 0 Å². The van der Waals surface area contributed by atoms with Gasteiger partial charge in [-0.1, -0.05) is 107 Å². The Morgan fingerprint density at radius 3 is 2.11 bits per heavy atom. The smallest absolute Gasteiger partial charge is 0.239 e. The second-order valence-electron chi connectivity index (χ2n) is 8.32. The van der Waals surface area contributed by atoms with Crippen LogP contribution in [0.15, 0.2) is 86.9 Å². The number of nitrogens with one attached hydrogen (secondary N) is 1. The van der Waals surface area contributed by atoms with Gasteiger partial charge >= 0.3 is 0 Å². The normalized spacial score (nSPS) is 15.7. The molecule has 8 heteroatoms. The van der Waals surface area contributed by atoms with Crippen LogP contribution in [-0.4, -0.2) is 42.8 Å². The summed E-state index contributed by atoms with van der Waals surface area (Å²) in [6.07, 6.45) is 18.1. The van der Waals surface area contributed by atoms with Gasteiger partial charge in [0.2, 0.25) is 5.91 Å². The van der Waals surface area contributed by atoms with Gasteiger partial charge in [-0.05, 0) is 75.9 Å². The molecule has 0 saturated carbocycles. The van der Waals surface area contributed by atoms with Gasteiger partial charge in [0.05, 0.1) is 35.5 Å². The minimum Gasteiger partial charge on any atom is -0.461 e. The number of carbonyl (C=O) groups is 1. The molecule has 3 aliphatic rings. The number of hydrogen-bond acceptors (Lipinski definition) is 5. The Balaban J connectivity index is -0.000000182. The van der Waals surface area contributed by atoms with Gasteiger partial charge in [-0.15, -0.1) is 0 Å². The van der Waals surface area contributed by atoms with E-state index >= 15 is 0 Å². The van der Waals surface area contributed by atoms with E-state index in [2.05, 4.69) is 53.9 Å². The molecule has 262 valence electrons. The van der Waals surface area contributed by atoms with Crippen LogP contribution in [0.25, 0.3) is 0 Å². The Kier molecular flexibility index (Phi) is 45.8. The van der Waals surface area contributed by atoms with Crippen molar-refractivity contribution < 1.29 is 13.9 Å². The lowest BCUT2D eigenvalue weighted by atomic mass is 10.1. The molecule has 6 nitrogen and oxygen atoms in total. The third-order valence-electron chi connectivity index (χ3n) is 5.26. The number of allylic oxidation sites excluding steroid dienone is 9. The van der Waals surface area contributed by atoms with E-state index in [1.54, 1.807) is 28.9 Å². The van der Waals surface area contributed by atoms with Gasteiger partial charge in [-0.25, -0.2) is 7.60 Å². The fourth-order valence-electron chi connectivity index (χ4n) is 3.30. The molecule has 1 aliphatic carbocycles. The Hall–Kier alpha value is -2.46. The maximum absolute atomic E-state index is 12.7. The number of amides is 1. The van der Waals surface area contributed by atoms with E-state index in [0.717, 1.165) is 30.1 Å². The minimum absolute atomic E-state index is 0.113. The van der Waals surface area contributed by atoms with Crippen molar-refractivity contribution in [2.75, 3.05) is 13.1 Å². The zero-order valence-electron chi connectivity index (χ0n) is 31.0. The molecular weight excluding hydrogens is 678 g/mol. The van der Waals surface area contributed by atoms with Gasteiger partial charge in [-0.3, -0.25) is 4.79 Å². The molecule has 2 heterocycles. The van der Waals surface area contributed by atoms with Crippen LogP contribution in [0.2, 0.25) is 0 Å². The predicted molar refractivity (Wildman–Crippen MR) is 209 cm³/mol. The van der Waals surface area contributed by atoms with Crippen molar-refractivity contribution in [1.82, 2.24) is 10.2 Å². The number of nitrogens with two attached hydrogens (primary N) is 1. The molecule has 3 rings (SSSR count). The third-order valence-corrected chi connectivity index (χ3v) is 5.26. The zero-order chi connectivity index (χ0) is 36.2. The number of carbonyl (C=O) groups excluding carboxylic acids is 1. The number of hydrogen-bond donors (Lipinski definition) is 2. The SMILES string of the molecule is C=C/C(=C\C=C(C)C)OC1=CC=C2NC=CCC2=CC1.C=NI.CC.CC.CC.CC.CC.CCC(N)C(=O)N1CCC(F)C1. The molecule has 3 N–H and O–H groups in total. The summed E-state index contributed by atoms with van der Waals surface area (Å²) in [6.45, 7) is 33.6. The van der Waals surface area contributed by atoms with Gasteiger partial charge in [0.1, 0.15) is 17.7 Å². The second kappa shape index (κ2) is 39.6. The van der Waals surface area contributed by atoms with Gasteiger partial charge in [0, 0.05) is 18.7 Å². The number of likely N-dealkylation sites (tertiary alicyclic amines) is 1. The Morgan fingerprint density at radius 1 is 1.11 bits per heavy atom. The highest BCUT2D eigenvalue weighted by atomic mass is 127. The van der Waals surface area contributed by atoms with E-state index in [-0.39, 0.29) is 12.5 Å². The van der Waals surface area contributed by atoms with E-state index in [0.29, 0.717) is 19.4 Å². The summed E-state index contributed by atoms with van der Waals surface area (Å²) in [5.41, 5.74) is 9.23. The molecule has 45 heavy (non-hydrogen) atoms. The summed E-state index contributed by atoms with van der Waals surface area (Å²) in [4.78, 5) is 12.9. The summed E-state index contributed by atoms with van der Waals surface area (Å²) >= 11 is 1.80. The Labute approximate surface area is 292 Å². The van der Waals surface area contributed by atoms with E-state index < -0.39 is 12.2 Å². The van der Waals surface area contributed by atoms with Crippen molar-refractivity contribution in [2.24, 2.45) is 8.94 Å². The molecule has 1 fully saturated rings. The van der Waals surface area contributed by atoms with Crippen molar-refractivity contribution in [3.8, 4) is 0 Å². The maximum Gasteiger partial charge on any atom is 0.239 e. The molecule has 2 atom stereocenters. The lowest BCUT2D eigenvalue weighted by molar-refractivity contribution is -0.131. The molecule has 0 aromatic rings. The number of nitrogens with zero attached hydrogens (tertiary/aromatic N) is 2. The first-order valence-electron chi connectivity index (χ1n) is 16.7. The van der Waals surface area contributed by atoms with E-state index in [1.165, 1.54) is 16.0 Å². The minimum atomic E-state index is -0.849. The summed E-state index contributed by atoms with van der Waals surface area (Å²) in [5, 5.41) is 3.26. The summed E-state index contributed by atoms with van der Waals surface area (Å²) in [6, 6.07) is -0.449. The topological polar surface area (TPSA) is 80.0 Å². The maximum atomic E-state index is 12.7. The van der Waals surface area contributed by atoms with Gasteiger partial charge in [0.15, 0.2) is 0 Å². The van der Waals surface area contributed by atoms with Crippen molar-refractivity contribution >= 4 is 35.5 Å². The molecule has 1 amide bonds. The van der Waals surface area contributed by atoms with Crippen LogP contribution in [0.3, 0.4) is 0 Å². The van der Waals surface area contributed by atoms with Crippen LogP contribution >= 0.6 is 22.9 Å². The van der Waals surface area contributed by atoms with Crippen LogP contribution in [-0.2, 0) is 9.53 Å². The monoisotopic (exact) mass is 746 g/mol. The standard InChI is InChI=1S/C18H21NO.C8H15FN2O.5C2H6.CH2IN/c1-4-16(9-7-14(2)3)20-17-10-8-15-6-5-13-19-18(15)12-11-17;1-2-7(10)8(12)11-4-3-6(9)5-11;5*1-2;1-3-2/h4-5,7-9,11-13,19H,1,6,10H2,2-3H3;6-7H,2-5,10H2,1H3;5*1-2H3;1H2/b16-9+;;;;;;;.